The molecule has 0 unspecified atom stereocenters. The molecule has 0 aliphatic heterocycles. The van der Waals surface area contributed by atoms with Crippen LogP contribution in [0.3, 0.4) is 0 Å². The van der Waals surface area contributed by atoms with Gasteiger partial charge in [0, 0.05) is 5.69 Å². The minimum atomic E-state index is -1.11. The van der Waals surface area contributed by atoms with Crippen LogP contribution >= 0.6 is 0 Å². The molecule has 2 amide bonds. The third-order valence-corrected chi connectivity index (χ3v) is 4.37. The van der Waals surface area contributed by atoms with E-state index in [1.54, 1.807) is 12.1 Å². The van der Waals surface area contributed by atoms with Crippen molar-refractivity contribution in [2.24, 2.45) is 5.41 Å². The molecule has 1 saturated carbocycles. The summed E-state index contributed by atoms with van der Waals surface area (Å²) >= 11 is 0. The molecule has 2 aromatic carbocycles. The lowest BCUT2D eigenvalue weighted by atomic mass is 10.0. The van der Waals surface area contributed by atoms with Gasteiger partial charge in [-0.15, -0.1) is 0 Å². The van der Waals surface area contributed by atoms with E-state index in [1.807, 2.05) is 32.0 Å². The molecule has 0 radical (unpaired) electrons. The number of hydrogen-bond donors (Lipinski definition) is 2. The van der Waals surface area contributed by atoms with Gasteiger partial charge < -0.3 is 10.6 Å². The highest BCUT2D eigenvalue weighted by Gasteiger charge is 2.56. The summed E-state index contributed by atoms with van der Waals surface area (Å²) in [7, 11) is 0. The van der Waals surface area contributed by atoms with Gasteiger partial charge in [-0.3, -0.25) is 9.59 Å². The molecule has 0 heterocycles. The third-order valence-electron chi connectivity index (χ3n) is 4.37. The van der Waals surface area contributed by atoms with Crippen molar-refractivity contribution >= 4 is 23.2 Å². The largest absolute Gasteiger partial charge is 0.325 e. The molecule has 2 aromatic rings. The van der Waals surface area contributed by atoms with Gasteiger partial charge in [0.25, 0.3) is 0 Å². The van der Waals surface area contributed by atoms with Crippen molar-refractivity contribution in [2.75, 3.05) is 10.6 Å². The highest BCUT2D eigenvalue weighted by molar-refractivity contribution is 6.17. The second-order valence-corrected chi connectivity index (χ2v) is 6.29. The summed E-state index contributed by atoms with van der Waals surface area (Å²) < 4.78 is 13.7. The summed E-state index contributed by atoms with van der Waals surface area (Å²) in [6.07, 6.45) is 0.925. The van der Waals surface area contributed by atoms with Crippen LogP contribution in [0, 0.1) is 25.1 Å². The van der Waals surface area contributed by atoms with Gasteiger partial charge in [0.05, 0.1) is 5.69 Å². The fraction of sp³-hybridized carbons (Fsp3) is 0.263. The second kappa shape index (κ2) is 6.07. The van der Waals surface area contributed by atoms with E-state index in [-0.39, 0.29) is 11.6 Å². The van der Waals surface area contributed by atoms with Crippen LogP contribution in [0.1, 0.15) is 24.0 Å². The number of rotatable bonds is 4. The van der Waals surface area contributed by atoms with Gasteiger partial charge >= 0.3 is 0 Å². The summed E-state index contributed by atoms with van der Waals surface area (Å²) in [6, 6.07) is 11.6. The zero-order valence-electron chi connectivity index (χ0n) is 13.7. The standard InChI is InChI=1S/C19H19FN2O2/c1-12-7-8-15(13(2)11-12)21-17(23)19(9-10-19)18(24)22-16-6-4-3-5-14(16)20/h3-8,11H,9-10H2,1-2H3,(H,21,23)(H,22,24). The summed E-state index contributed by atoms with van der Waals surface area (Å²) in [5, 5.41) is 5.36. The Morgan fingerprint density at radius 2 is 1.58 bits per heavy atom. The van der Waals surface area contributed by atoms with Crippen LogP contribution in [-0.4, -0.2) is 11.8 Å². The molecular weight excluding hydrogens is 307 g/mol. The number of aryl methyl sites for hydroxylation is 2. The van der Waals surface area contributed by atoms with Crippen LogP contribution in [-0.2, 0) is 9.59 Å². The predicted molar refractivity (Wildman–Crippen MR) is 91.2 cm³/mol. The lowest BCUT2D eigenvalue weighted by molar-refractivity contribution is -0.131. The second-order valence-electron chi connectivity index (χ2n) is 6.29. The Kier molecular flexibility index (Phi) is 4.09. The van der Waals surface area contributed by atoms with Crippen molar-refractivity contribution in [3.05, 3.63) is 59.4 Å². The van der Waals surface area contributed by atoms with Crippen LogP contribution in [0.2, 0.25) is 0 Å². The Morgan fingerprint density at radius 1 is 0.958 bits per heavy atom. The SMILES string of the molecule is Cc1ccc(NC(=O)C2(C(=O)Nc3ccccc3F)CC2)c(C)c1. The van der Waals surface area contributed by atoms with Crippen molar-refractivity contribution in [3.8, 4) is 0 Å². The minimum absolute atomic E-state index is 0.0908. The maximum absolute atomic E-state index is 13.7. The Labute approximate surface area is 140 Å². The molecule has 0 spiro atoms. The van der Waals surface area contributed by atoms with Gasteiger partial charge in [-0.1, -0.05) is 29.8 Å². The first-order chi connectivity index (χ1) is 11.4. The molecule has 1 aliphatic rings. The van der Waals surface area contributed by atoms with Crippen LogP contribution in [0.5, 0.6) is 0 Å². The Hall–Kier alpha value is -2.69. The number of carbonyl (C=O) groups excluding carboxylic acids is 2. The summed E-state index contributed by atoms with van der Waals surface area (Å²) in [6.45, 7) is 3.88. The molecule has 4 nitrogen and oxygen atoms in total. The molecule has 2 N–H and O–H groups in total. The van der Waals surface area contributed by atoms with Gasteiger partial charge in [0.15, 0.2) is 0 Å². The van der Waals surface area contributed by atoms with E-state index in [1.165, 1.54) is 12.1 Å². The number of halogens is 1. The van der Waals surface area contributed by atoms with E-state index < -0.39 is 17.1 Å². The monoisotopic (exact) mass is 326 g/mol. The molecule has 5 heteroatoms. The third kappa shape index (κ3) is 3.02. The first-order valence-corrected chi connectivity index (χ1v) is 7.87. The average Bonchev–Trinajstić information content (AvgIpc) is 3.34. The Morgan fingerprint density at radius 3 is 2.17 bits per heavy atom. The minimum Gasteiger partial charge on any atom is -0.325 e. The lowest BCUT2D eigenvalue weighted by Gasteiger charge is -2.17. The summed E-state index contributed by atoms with van der Waals surface area (Å²) in [4.78, 5) is 25.1. The molecular formula is C19H19FN2O2. The van der Waals surface area contributed by atoms with E-state index in [9.17, 15) is 14.0 Å². The highest BCUT2D eigenvalue weighted by atomic mass is 19.1. The van der Waals surface area contributed by atoms with E-state index in [4.69, 9.17) is 0 Å². The molecule has 0 aromatic heterocycles. The van der Waals surface area contributed by atoms with Crippen molar-refractivity contribution in [1.29, 1.82) is 0 Å². The van der Waals surface area contributed by atoms with Crippen LogP contribution in [0.15, 0.2) is 42.5 Å². The van der Waals surface area contributed by atoms with Crippen LogP contribution < -0.4 is 10.6 Å². The molecule has 1 fully saturated rings. The van der Waals surface area contributed by atoms with Crippen LogP contribution in [0.4, 0.5) is 15.8 Å². The van der Waals surface area contributed by atoms with E-state index in [0.29, 0.717) is 18.5 Å². The molecule has 3 rings (SSSR count). The number of para-hydroxylation sites is 1. The Bertz CT molecular complexity index is 813. The van der Waals surface area contributed by atoms with E-state index >= 15 is 0 Å². The van der Waals surface area contributed by atoms with Gasteiger partial charge in [-0.25, -0.2) is 4.39 Å². The first-order valence-electron chi connectivity index (χ1n) is 7.87. The molecule has 124 valence electrons. The number of hydrogen-bond acceptors (Lipinski definition) is 2. The van der Waals surface area contributed by atoms with E-state index in [0.717, 1.165) is 11.1 Å². The normalized spacial score (nSPS) is 14.8. The number of benzene rings is 2. The van der Waals surface area contributed by atoms with Crippen LogP contribution in [0.25, 0.3) is 0 Å². The molecule has 0 bridgehead atoms. The molecule has 0 atom stereocenters. The maximum Gasteiger partial charge on any atom is 0.240 e. The lowest BCUT2D eigenvalue weighted by Crippen LogP contribution is -2.36. The van der Waals surface area contributed by atoms with Gasteiger partial charge in [-0.2, -0.15) is 0 Å². The zero-order chi connectivity index (χ0) is 17.3. The number of carbonyl (C=O) groups is 2. The fourth-order valence-electron chi connectivity index (χ4n) is 2.68. The quantitative estimate of drug-likeness (QED) is 0.840. The van der Waals surface area contributed by atoms with Crippen molar-refractivity contribution in [1.82, 2.24) is 0 Å². The molecule has 24 heavy (non-hydrogen) atoms. The van der Waals surface area contributed by atoms with Gasteiger partial charge in [0.1, 0.15) is 11.2 Å². The highest BCUT2D eigenvalue weighted by Crippen LogP contribution is 2.47. The zero-order valence-corrected chi connectivity index (χ0v) is 13.7. The van der Waals surface area contributed by atoms with Crippen molar-refractivity contribution < 1.29 is 14.0 Å². The topological polar surface area (TPSA) is 58.2 Å². The molecule has 1 aliphatic carbocycles. The van der Waals surface area contributed by atoms with Crippen molar-refractivity contribution in [3.63, 3.8) is 0 Å². The average molecular weight is 326 g/mol. The summed E-state index contributed by atoms with van der Waals surface area (Å²) in [5.41, 5.74) is 1.71. The Balaban J connectivity index is 1.74. The van der Waals surface area contributed by atoms with Gasteiger partial charge in [-0.05, 0) is 50.5 Å². The number of anilines is 2. The fourth-order valence-corrected chi connectivity index (χ4v) is 2.68. The first kappa shape index (κ1) is 16.2. The van der Waals surface area contributed by atoms with E-state index in [2.05, 4.69) is 10.6 Å². The predicted octanol–water partition coefficient (Wildman–Crippen LogP) is 3.80. The summed E-state index contributed by atoms with van der Waals surface area (Å²) in [5.74, 6) is -1.32. The number of nitrogens with one attached hydrogen (secondary N) is 2. The number of amides is 2. The van der Waals surface area contributed by atoms with Gasteiger partial charge in [0.2, 0.25) is 11.8 Å². The maximum atomic E-state index is 13.7. The molecule has 0 saturated heterocycles. The van der Waals surface area contributed by atoms with Crippen molar-refractivity contribution in [2.45, 2.75) is 26.7 Å². The smallest absolute Gasteiger partial charge is 0.240 e.